The molecule has 0 bridgehead atoms. The Morgan fingerprint density at radius 1 is 0.963 bits per heavy atom. The quantitative estimate of drug-likeness (QED) is 0.559. The summed E-state index contributed by atoms with van der Waals surface area (Å²) < 4.78 is 25.2. The van der Waals surface area contributed by atoms with E-state index in [0.717, 1.165) is 16.7 Å². The van der Waals surface area contributed by atoms with Crippen molar-refractivity contribution < 1.29 is 18.7 Å². The first kappa shape index (κ1) is 21.7. The van der Waals surface area contributed by atoms with E-state index in [9.17, 15) is 9.67 Å². The molecule has 2 aromatic carbocycles. The van der Waals surface area contributed by atoms with Crippen molar-refractivity contribution in [2.24, 2.45) is 0 Å². The highest BCUT2D eigenvalue weighted by Gasteiger charge is 2.38. The summed E-state index contributed by atoms with van der Waals surface area (Å²) in [7, 11) is -3.46. The number of rotatable bonds is 7. The molecular weight excluding hydrogens is 359 g/mol. The molecule has 0 aromatic heterocycles. The molecule has 0 aliphatic carbocycles. The van der Waals surface area contributed by atoms with Crippen molar-refractivity contribution in [3.8, 4) is 5.75 Å². The highest BCUT2D eigenvalue weighted by molar-refractivity contribution is 7.54. The maximum absolute atomic E-state index is 13.8. The molecule has 0 saturated carbocycles. The van der Waals surface area contributed by atoms with Gasteiger partial charge < -0.3 is 14.2 Å². The van der Waals surface area contributed by atoms with E-state index in [1.54, 1.807) is 24.3 Å². The normalized spacial score (nSPS) is 13.6. The Hall–Kier alpha value is -1.61. The van der Waals surface area contributed by atoms with Crippen LogP contribution in [0.4, 0.5) is 0 Å². The van der Waals surface area contributed by atoms with Gasteiger partial charge in [-0.15, -0.1) is 0 Å². The predicted octanol–water partition coefficient (Wildman–Crippen LogP) is 6.35. The lowest BCUT2D eigenvalue weighted by atomic mass is 9.84. The van der Waals surface area contributed by atoms with E-state index in [0.29, 0.717) is 13.2 Å². The fourth-order valence-electron chi connectivity index (χ4n) is 3.16. The van der Waals surface area contributed by atoms with Crippen LogP contribution in [0.15, 0.2) is 42.5 Å². The first-order chi connectivity index (χ1) is 12.6. The average molecular weight is 390 g/mol. The molecule has 2 rings (SSSR count). The van der Waals surface area contributed by atoms with Crippen LogP contribution >= 0.6 is 7.60 Å². The molecule has 5 heteroatoms. The Morgan fingerprint density at radius 3 is 2.00 bits per heavy atom. The number of aromatic hydroxyl groups is 1. The third kappa shape index (κ3) is 5.22. The van der Waals surface area contributed by atoms with Crippen molar-refractivity contribution >= 4 is 7.60 Å². The number of benzene rings is 2. The molecule has 148 valence electrons. The highest BCUT2D eigenvalue weighted by atomic mass is 31.2. The summed E-state index contributed by atoms with van der Waals surface area (Å²) in [6.07, 6.45) is 0. The van der Waals surface area contributed by atoms with Gasteiger partial charge in [0.2, 0.25) is 0 Å². The van der Waals surface area contributed by atoms with Crippen LogP contribution in [0.1, 0.15) is 62.5 Å². The minimum absolute atomic E-state index is 0.0402. The third-order valence-electron chi connectivity index (χ3n) is 4.42. The van der Waals surface area contributed by atoms with Gasteiger partial charge in [-0.3, -0.25) is 4.57 Å². The Bertz CT molecular complexity index is 796. The average Bonchev–Trinajstić information content (AvgIpc) is 2.56. The van der Waals surface area contributed by atoms with Crippen molar-refractivity contribution in [1.82, 2.24) is 0 Å². The van der Waals surface area contributed by atoms with Gasteiger partial charge >= 0.3 is 7.60 Å². The molecular formula is C22H31O4P. The van der Waals surface area contributed by atoms with Crippen molar-refractivity contribution in [2.75, 3.05) is 13.2 Å². The zero-order chi connectivity index (χ0) is 20.2. The lowest BCUT2D eigenvalue weighted by molar-refractivity contribution is 0.215. The molecule has 0 saturated heterocycles. The largest absolute Gasteiger partial charge is 0.508 e. The van der Waals surface area contributed by atoms with E-state index in [1.807, 2.05) is 26.8 Å². The highest BCUT2D eigenvalue weighted by Crippen LogP contribution is 2.63. The zero-order valence-corrected chi connectivity index (χ0v) is 18.0. The Labute approximate surface area is 163 Å². The molecule has 1 atom stereocenters. The maximum Gasteiger partial charge on any atom is 0.342 e. The van der Waals surface area contributed by atoms with Crippen LogP contribution in [-0.4, -0.2) is 18.3 Å². The minimum atomic E-state index is -3.46. The van der Waals surface area contributed by atoms with E-state index in [-0.39, 0.29) is 11.2 Å². The van der Waals surface area contributed by atoms with Crippen molar-refractivity contribution in [3.05, 3.63) is 64.7 Å². The van der Waals surface area contributed by atoms with Crippen molar-refractivity contribution in [3.63, 3.8) is 0 Å². The van der Waals surface area contributed by atoms with Gasteiger partial charge in [-0.2, -0.15) is 0 Å². The van der Waals surface area contributed by atoms with Crippen LogP contribution in [0.3, 0.4) is 0 Å². The molecule has 0 aliphatic rings. The number of phenols is 1. The molecule has 1 N–H and O–H groups in total. The van der Waals surface area contributed by atoms with E-state index in [1.165, 1.54) is 5.56 Å². The lowest BCUT2D eigenvalue weighted by Crippen LogP contribution is -2.14. The van der Waals surface area contributed by atoms with Gasteiger partial charge in [-0.05, 0) is 55.0 Å². The molecule has 0 heterocycles. The minimum Gasteiger partial charge on any atom is -0.508 e. The second-order valence-corrected chi connectivity index (χ2v) is 9.86. The fraction of sp³-hybridized carbons (Fsp3) is 0.455. The van der Waals surface area contributed by atoms with Gasteiger partial charge in [0.25, 0.3) is 0 Å². The van der Waals surface area contributed by atoms with Crippen molar-refractivity contribution in [2.45, 2.75) is 52.6 Å². The van der Waals surface area contributed by atoms with E-state index < -0.39 is 13.3 Å². The number of hydrogen-bond acceptors (Lipinski definition) is 4. The first-order valence-electron chi connectivity index (χ1n) is 9.40. The van der Waals surface area contributed by atoms with E-state index in [4.69, 9.17) is 9.05 Å². The summed E-state index contributed by atoms with van der Waals surface area (Å²) in [5, 5.41) is 9.68. The van der Waals surface area contributed by atoms with E-state index in [2.05, 4.69) is 32.9 Å². The Morgan fingerprint density at radius 2 is 1.52 bits per heavy atom. The van der Waals surface area contributed by atoms with Crippen LogP contribution < -0.4 is 0 Å². The van der Waals surface area contributed by atoms with Gasteiger partial charge in [0, 0.05) is 0 Å². The summed E-state index contributed by atoms with van der Waals surface area (Å²) in [6, 6.07) is 13.1. The second kappa shape index (κ2) is 8.60. The molecule has 0 aliphatic heterocycles. The molecule has 4 nitrogen and oxygen atoms in total. The second-order valence-electron chi connectivity index (χ2n) is 7.75. The van der Waals surface area contributed by atoms with Crippen LogP contribution in [0.2, 0.25) is 0 Å². The Balaban J connectivity index is 2.71. The lowest BCUT2D eigenvalue weighted by Gasteiger charge is -2.29. The fourth-order valence-corrected chi connectivity index (χ4v) is 5.31. The molecule has 0 radical (unpaired) electrons. The molecule has 2 aromatic rings. The van der Waals surface area contributed by atoms with Gasteiger partial charge in [0.1, 0.15) is 11.4 Å². The molecule has 1 unspecified atom stereocenters. The van der Waals surface area contributed by atoms with Crippen molar-refractivity contribution in [1.29, 1.82) is 0 Å². The van der Waals surface area contributed by atoms with Gasteiger partial charge in [0.15, 0.2) is 0 Å². The maximum atomic E-state index is 13.8. The van der Waals surface area contributed by atoms with Gasteiger partial charge in [0.05, 0.1) is 13.2 Å². The topological polar surface area (TPSA) is 55.8 Å². The summed E-state index contributed by atoms with van der Waals surface area (Å²) in [4.78, 5) is 0. The first-order valence-corrected chi connectivity index (χ1v) is 11.0. The molecule has 0 fully saturated rings. The molecule has 0 amide bonds. The van der Waals surface area contributed by atoms with Crippen LogP contribution in [0.25, 0.3) is 0 Å². The third-order valence-corrected chi connectivity index (χ3v) is 6.89. The molecule has 27 heavy (non-hydrogen) atoms. The summed E-state index contributed by atoms with van der Waals surface area (Å²) >= 11 is 0. The number of hydrogen-bond donors (Lipinski definition) is 1. The summed E-state index contributed by atoms with van der Waals surface area (Å²) in [5.41, 5.74) is 3.36. The monoisotopic (exact) mass is 390 g/mol. The number of phenolic OH excluding ortho intramolecular Hbond substituents is 1. The van der Waals surface area contributed by atoms with Crippen LogP contribution in [0, 0.1) is 6.92 Å². The Kier molecular flexibility index (Phi) is 6.91. The molecule has 0 spiro atoms. The summed E-state index contributed by atoms with van der Waals surface area (Å²) in [6.45, 7) is 12.7. The van der Waals surface area contributed by atoms with Crippen LogP contribution in [0.5, 0.6) is 5.75 Å². The zero-order valence-electron chi connectivity index (χ0n) is 17.2. The van der Waals surface area contributed by atoms with Crippen LogP contribution in [-0.2, 0) is 19.0 Å². The van der Waals surface area contributed by atoms with E-state index >= 15 is 0 Å². The van der Waals surface area contributed by atoms with Gasteiger partial charge in [-0.1, -0.05) is 56.7 Å². The van der Waals surface area contributed by atoms with Gasteiger partial charge in [-0.25, -0.2) is 0 Å². The summed E-state index contributed by atoms with van der Waals surface area (Å²) in [5.74, 6) is 0.166. The number of aryl methyl sites for hydroxylation is 1. The smallest absolute Gasteiger partial charge is 0.342 e. The SMILES string of the molecule is CCOP(=O)(OCC)C(c1ccc(O)cc1)c1cc(C)cc(C(C)(C)C)c1. The predicted molar refractivity (Wildman–Crippen MR) is 111 cm³/mol. The standard InChI is InChI=1S/C22H31O4P/c1-7-25-27(24,26-8-2)21(17-9-11-20(23)12-10-17)18-13-16(3)14-19(15-18)22(4,5)6/h9-15,21,23H,7-8H2,1-6H3.